The molecule has 0 saturated heterocycles. The SMILES string of the molecule is CCc1[nH]c2ncc(-c3c(C)noc3C)cc2c1Cc1cccc(OC(F)(F)F)c1. The van der Waals surface area contributed by atoms with Crippen LogP contribution in [0.4, 0.5) is 13.2 Å². The molecule has 0 spiro atoms. The quantitative estimate of drug-likeness (QED) is 0.442. The summed E-state index contributed by atoms with van der Waals surface area (Å²) in [5.41, 5.74) is 6.01. The van der Waals surface area contributed by atoms with E-state index in [0.29, 0.717) is 12.2 Å². The van der Waals surface area contributed by atoms with Crippen molar-refractivity contribution in [3.05, 3.63) is 64.8 Å². The number of fused-ring (bicyclic) bond motifs is 1. The summed E-state index contributed by atoms with van der Waals surface area (Å²) in [6.45, 7) is 5.74. The molecule has 3 heterocycles. The minimum absolute atomic E-state index is 0.229. The first-order valence-electron chi connectivity index (χ1n) is 9.52. The van der Waals surface area contributed by atoms with Crippen LogP contribution < -0.4 is 4.74 Å². The summed E-state index contributed by atoms with van der Waals surface area (Å²) in [5, 5.41) is 4.93. The van der Waals surface area contributed by atoms with E-state index in [1.165, 1.54) is 12.1 Å². The van der Waals surface area contributed by atoms with Crippen molar-refractivity contribution in [1.82, 2.24) is 15.1 Å². The number of hydrogen-bond donors (Lipinski definition) is 1. The van der Waals surface area contributed by atoms with E-state index in [0.717, 1.165) is 51.1 Å². The molecule has 3 aromatic heterocycles. The van der Waals surface area contributed by atoms with Gasteiger partial charge < -0.3 is 14.2 Å². The van der Waals surface area contributed by atoms with Gasteiger partial charge in [0.1, 0.15) is 17.2 Å². The molecular weight excluding hydrogens is 395 g/mol. The van der Waals surface area contributed by atoms with Gasteiger partial charge in [0.25, 0.3) is 0 Å². The van der Waals surface area contributed by atoms with Crippen LogP contribution in [-0.4, -0.2) is 21.5 Å². The molecule has 0 amide bonds. The molecule has 0 aliphatic carbocycles. The lowest BCUT2D eigenvalue weighted by molar-refractivity contribution is -0.274. The second-order valence-corrected chi connectivity index (χ2v) is 7.13. The Kier molecular flexibility index (Phi) is 5.01. The van der Waals surface area contributed by atoms with Crippen LogP contribution in [0.15, 0.2) is 41.1 Å². The van der Waals surface area contributed by atoms with Gasteiger partial charge in [-0.1, -0.05) is 24.2 Å². The summed E-state index contributed by atoms with van der Waals surface area (Å²) >= 11 is 0. The number of ether oxygens (including phenoxy) is 1. The number of pyridine rings is 1. The van der Waals surface area contributed by atoms with E-state index >= 15 is 0 Å². The van der Waals surface area contributed by atoms with E-state index < -0.39 is 6.36 Å². The number of alkyl halides is 3. The zero-order chi connectivity index (χ0) is 21.5. The summed E-state index contributed by atoms with van der Waals surface area (Å²) in [6, 6.07) is 8.08. The van der Waals surface area contributed by atoms with Gasteiger partial charge >= 0.3 is 6.36 Å². The van der Waals surface area contributed by atoms with Crippen molar-refractivity contribution in [1.29, 1.82) is 0 Å². The van der Waals surface area contributed by atoms with Crippen LogP contribution in [0.1, 0.15) is 35.2 Å². The Morgan fingerprint density at radius 3 is 2.63 bits per heavy atom. The highest BCUT2D eigenvalue weighted by molar-refractivity contribution is 5.86. The first-order chi connectivity index (χ1) is 14.2. The number of aromatic amines is 1. The van der Waals surface area contributed by atoms with Gasteiger partial charge in [-0.15, -0.1) is 13.2 Å². The molecular formula is C22H20F3N3O2. The lowest BCUT2D eigenvalue weighted by Gasteiger charge is -2.10. The van der Waals surface area contributed by atoms with Crippen LogP contribution >= 0.6 is 0 Å². The molecule has 5 nitrogen and oxygen atoms in total. The number of nitrogens with one attached hydrogen (secondary N) is 1. The number of nitrogens with zero attached hydrogens (tertiary/aromatic N) is 2. The molecule has 0 radical (unpaired) electrons. The van der Waals surface area contributed by atoms with Gasteiger partial charge in [-0.25, -0.2) is 4.98 Å². The lowest BCUT2D eigenvalue weighted by Crippen LogP contribution is -2.17. The van der Waals surface area contributed by atoms with Crippen LogP contribution in [0.3, 0.4) is 0 Å². The molecule has 0 unspecified atom stereocenters. The molecule has 0 saturated carbocycles. The van der Waals surface area contributed by atoms with Gasteiger partial charge in [0.05, 0.1) is 5.69 Å². The number of benzene rings is 1. The Balaban J connectivity index is 1.77. The zero-order valence-corrected chi connectivity index (χ0v) is 16.7. The van der Waals surface area contributed by atoms with Crippen LogP contribution in [0.2, 0.25) is 0 Å². The minimum atomic E-state index is -4.72. The van der Waals surface area contributed by atoms with E-state index in [4.69, 9.17) is 4.52 Å². The van der Waals surface area contributed by atoms with E-state index in [2.05, 4.69) is 19.9 Å². The van der Waals surface area contributed by atoms with E-state index in [1.807, 2.05) is 26.8 Å². The lowest BCUT2D eigenvalue weighted by atomic mass is 9.99. The topological polar surface area (TPSA) is 63.9 Å². The normalized spacial score (nSPS) is 11.9. The molecule has 1 aromatic carbocycles. The highest BCUT2D eigenvalue weighted by Crippen LogP contribution is 2.32. The summed E-state index contributed by atoms with van der Waals surface area (Å²) < 4.78 is 47.1. The van der Waals surface area contributed by atoms with Crippen LogP contribution in [0.25, 0.3) is 22.2 Å². The van der Waals surface area contributed by atoms with Crippen molar-refractivity contribution in [3.8, 4) is 16.9 Å². The Morgan fingerprint density at radius 1 is 1.17 bits per heavy atom. The smallest absolute Gasteiger partial charge is 0.406 e. The molecule has 0 aliphatic heterocycles. The Labute approximate surface area is 170 Å². The van der Waals surface area contributed by atoms with Crippen molar-refractivity contribution in [2.75, 3.05) is 0 Å². The first-order valence-corrected chi connectivity index (χ1v) is 9.52. The molecule has 1 N–H and O–H groups in total. The number of aromatic nitrogens is 3. The number of rotatable bonds is 5. The maximum atomic E-state index is 12.6. The van der Waals surface area contributed by atoms with Gasteiger partial charge in [-0.2, -0.15) is 0 Å². The fraction of sp³-hybridized carbons (Fsp3) is 0.273. The first kappa shape index (κ1) is 20.0. The standard InChI is InChI=1S/C22H20F3N3O2/c1-4-19-17(9-14-6-5-7-16(8-14)29-22(23,24)25)18-10-15(11-26-21(18)27-19)20-12(2)28-30-13(20)3/h5-8,10-11H,4,9H2,1-3H3,(H,26,27). The molecule has 0 atom stereocenters. The van der Waals surface area contributed by atoms with Crippen LogP contribution in [-0.2, 0) is 12.8 Å². The van der Waals surface area contributed by atoms with Crippen molar-refractivity contribution in [2.45, 2.75) is 40.0 Å². The third-order valence-electron chi connectivity index (χ3n) is 5.03. The third-order valence-corrected chi connectivity index (χ3v) is 5.03. The molecule has 0 bridgehead atoms. The minimum Gasteiger partial charge on any atom is -0.406 e. The largest absolute Gasteiger partial charge is 0.573 e. The van der Waals surface area contributed by atoms with Gasteiger partial charge in [-0.05, 0) is 49.6 Å². The predicted octanol–water partition coefficient (Wildman–Crippen LogP) is 5.89. The number of halogens is 3. The van der Waals surface area contributed by atoms with Crippen LogP contribution in [0.5, 0.6) is 5.75 Å². The fourth-order valence-electron chi connectivity index (χ4n) is 3.77. The summed E-state index contributed by atoms with van der Waals surface area (Å²) in [5.74, 6) is 0.478. The average Bonchev–Trinajstić information content (AvgIpc) is 3.19. The molecule has 4 rings (SSSR count). The Hall–Kier alpha value is -3.29. The van der Waals surface area contributed by atoms with Gasteiger partial charge in [0.15, 0.2) is 0 Å². The zero-order valence-electron chi connectivity index (χ0n) is 16.7. The van der Waals surface area contributed by atoms with Gasteiger partial charge in [-0.3, -0.25) is 0 Å². The summed E-state index contributed by atoms with van der Waals surface area (Å²) in [4.78, 5) is 7.89. The number of hydrogen-bond acceptors (Lipinski definition) is 4. The van der Waals surface area contributed by atoms with E-state index in [-0.39, 0.29) is 5.75 Å². The van der Waals surface area contributed by atoms with Crippen molar-refractivity contribution in [2.24, 2.45) is 0 Å². The maximum absolute atomic E-state index is 12.6. The molecule has 4 aromatic rings. The number of aryl methyl sites for hydroxylation is 3. The highest BCUT2D eigenvalue weighted by Gasteiger charge is 2.31. The number of H-pyrrole nitrogens is 1. The second-order valence-electron chi connectivity index (χ2n) is 7.13. The Morgan fingerprint density at radius 2 is 1.97 bits per heavy atom. The van der Waals surface area contributed by atoms with E-state index in [9.17, 15) is 13.2 Å². The van der Waals surface area contributed by atoms with Crippen LogP contribution in [0, 0.1) is 13.8 Å². The molecule has 8 heteroatoms. The average molecular weight is 415 g/mol. The monoisotopic (exact) mass is 415 g/mol. The summed E-state index contributed by atoms with van der Waals surface area (Å²) in [6.07, 6.45) is -1.76. The fourth-order valence-corrected chi connectivity index (χ4v) is 3.77. The second kappa shape index (κ2) is 7.51. The van der Waals surface area contributed by atoms with Crippen molar-refractivity contribution < 1.29 is 22.4 Å². The highest BCUT2D eigenvalue weighted by atomic mass is 19.4. The van der Waals surface area contributed by atoms with E-state index in [1.54, 1.807) is 18.3 Å². The molecule has 156 valence electrons. The molecule has 30 heavy (non-hydrogen) atoms. The van der Waals surface area contributed by atoms with Gasteiger partial charge in [0, 0.05) is 34.8 Å². The van der Waals surface area contributed by atoms with Crippen molar-refractivity contribution in [3.63, 3.8) is 0 Å². The maximum Gasteiger partial charge on any atom is 0.573 e. The van der Waals surface area contributed by atoms with Gasteiger partial charge in [0.2, 0.25) is 0 Å². The molecule has 0 fully saturated rings. The summed E-state index contributed by atoms with van der Waals surface area (Å²) in [7, 11) is 0. The predicted molar refractivity (Wildman–Crippen MR) is 106 cm³/mol. The van der Waals surface area contributed by atoms with Crippen molar-refractivity contribution >= 4 is 11.0 Å². The Bertz CT molecular complexity index is 1190. The molecule has 0 aliphatic rings. The third kappa shape index (κ3) is 3.90.